The Labute approximate surface area is 123 Å². The molecule has 0 unspecified atom stereocenters. The number of hydrogen-bond acceptors (Lipinski definition) is 1. The van der Waals surface area contributed by atoms with Gasteiger partial charge in [0.2, 0.25) is 5.91 Å². The standard InChI is InChI=1S/C18H27NO/c1-3-17(15-11-7-5-8-12-15)18(20)19(4-2)16-13-9-6-10-14-16/h5,7-8,11-12,16-17H,3-4,6,9-10,13-14H2,1-2H3/t17-/m0/s1. The Morgan fingerprint density at radius 3 is 2.35 bits per heavy atom. The predicted molar refractivity (Wildman–Crippen MR) is 83.7 cm³/mol. The normalized spacial score (nSPS) is 17.7. The Morgan fingerprint density at radius 2 is 1.80 bits per heavy atom. The van der Waals surface area contributed by atoms with Crippen LogP contribution in [0.2, 0.25) is 0 Å². The summed E-state index contributed by atoms with van der Waals surface area (Å²) < 4.78 is 0. The lowest BCUT2D eigenvalue weighted by molar-refractivity contribution is -0.135. The Hall–Kier alpha value is -1.31. The van der Waals surface area contributed by atoms with Crippen molar-refractivity contribution in [3.63, 3.8) is 0 Å². The predicted octanol–water partition coefficient (Wildman–Crippen LogP) is 4.36. The summed E-state index contributed by atoms with van der Waals surface area (Å²) in [5.74, 6) is 0.353. The number of amides is 1. The van der Waals surface area contributed by atoms with Crippen LogP contribution in [0.3, 0.4) is 0 Å². The number of likely N-dealkylation sites (N-methyl/N-ethyl adjacent to an activating group) is 1. The van der Waals surface area contributed by atoms with Crippen LogP contribution in [0.5, 0.6) is 0 Å². The first-order valence-electron chi connectivity index (χ1n) is 8.13. The van der Waals surface area contributed by atoms with Gasteiger partial charge < -0.3 is 4.90 Å². The third kappa shape index (κ3) is 3.41. The number of rotatable bonds is 5. The molecule has 2 heteroatoms. The lowest BCUT2D eigenvalue weighted by Gasteiger charge is -2.36. The monoisotopic (exact) mass is 273 g/mol. The van der Waals surface area contributed by atoms with Crippen LogP contribution in [-0.2, 0) is 4.79 Å². The average Bonchev–Trinajstić information content (AvgIpc) is 2.51. The van der Waals surface area contributed by atoms with Gasteiger partial charge >= 0.3 is 0 Å². The van der Waals surface area contributed by atoms with Crippen molar-refractivity contribution in [3.05, 3.63) is 35.9 Å². The van der Waals surface area contributed by atoms with E-state index in [4.69, 9.17) is 0 Å². The van der Waals surface area contributed by atoms with Gasteiger partial charge in [0.15, 0.2) is 0 Å². The van der Waals surface area contributed by atoms with Gasteiger partial charge in [0.05, 0.1) is 5.92 Å². The SMILES string of the molecule is CC[C@H](C(=O)N(CC)C1CCCCC1)c1ccccc1. The van der Waals surface area contributed by atoms with Crippen LogP contribution in [0.15, 0.2) is 30.3 Å². The molecule has 1 aromatic rings. The molecule has 1 aliphatic rings. The molecule has 1 aromatic carbocycles. The summed E-state index contributed by atoms with van der Waals surface area (Å²) in [4.78, 5) is 15.1. The third-order valence-electron chi connectivity index (χ3n) is 4.55. The molecule has 2 nitrogen and oxygen atoms in total. The van der Waals surface area contributed by atoms with Crippen LogP contribution in [0.25, 0.3) is 0 Å². The van der Waals surface area contributed by atoms with Crippen molar-refractivity contribution in [2.75, 3.05) is 6.54 Å². The Bertz CT molecular complexity index is 409. The molecule has 1 atom stereocenters. The summed E-state index contributed by atoms with van der Waals surface area (Å²) in [6.45, 7) is 5.07. The lowest BCUT2D eigenvalue weighted by atomic mass is 9.90. The van der Waals surface area contributed by atoms with E-state index in [2.05, 4.69) is 30.9 Å². The maximum Gasteiger partial charge on any atom is 0.230 e. The van der Waals surface area contributed by atoms with Gasteiger partial charge in [-0.15, -0.1) is 0 Å². The lowest BCUT2D eigenvalue weighted by Crippen LogP contribution is -2.43. The fourth-order valence-corrected chi connectivity index (χ4v) is 3.43. The fourth-order valence-electron chi connectivity index (χ4n) is 3.43. The molecule has 0 heterocycles. The average molecular weight is 273 g/mol. The minimum absolute atomic E-state index is 0.0260. The molecular weight excluding hydrogens is 246 g/mol. The Kier molecular flexibility index (Phi) is 5.63. The van der Waals surface area contributed by atoms with Gasteiger partial charge in [0.25, 0.3) is 0 Å². The maximum atomic E-state index is 12.9. The van der Waals surface area contributed by atoms with Crippen molar-refractivity contribution in [3.8, 4) is 0 Å². The van der Waals surface area contributed by atoms with Crippen molar-refractivity contribution < 1.29 is 4.79 Å². The van der Waals surface area contributed by atoms with E-state index in [9.17, 15) is 4.79 Å². The van der Waals surface area contributed by atoms with Gasteiger partial charge in [0.1, 0.15) is 0 Å². The molecule has 1 aliphatic carbocycles. The van der Waals surface area contributed by atoms with Crippen LogP contribution in [0.1, 0.15) is 63.9 Å². The molecule has 0 bridgehead atoms. The van der Waals surface area contributed by atoms with E-state index in [1.807, 2.05) is 18.2 Å². The first-order valence-corrected chi connectivity index (χ1v) is 8.13. The van der Waals surface area contributed by atoms with Crippen LogP contribution >= 0.6 is 0 Å². The van der Waals surface area contributed by atoms with Crippen LogP contribution in [-0.4, -0.2) is 23.4 Å². The molecule has 0 aliphatic heterocycles. The summed E-state index contributed by atoms with van der Waals surface area (Å²) in [5.41, 5.74) is 1.16. The third-order valence-corrected chi connectivity index (χ3v) is 4.55. The molecule has 0 spiro atoms. The van der Waals surface area contributed by atoms with Gasteiger partial charge in [-0.3, -0.25) is 4.79 Å². The second-order valence-corrected chi connectivity index (χ2v) is 5.79. The van der Waals surface area contributed by atoms with Gasteiger partial charge in [-0.05, 0) is 31.7 Å². The summed E-state index contributed by atoms with van der Waals surface area (Å²) in [5, 5.41) is 0. The van der Waals surface area contributed by atoms with Gasteiger partial charge in [-0.25, -0.2) is 0 Å². The number of nitrogens with zero attached hydrogens (tertiary/aromatic N) is 1. The summed E-state index contributed by atoms with van der Waals surface area (Å²) in [6.07, 6.45) is 7.13. The first-order chi connectivity index (χ1) is 9.77. The van der Waals surface area contributed by atoms with Gasteiger partial charge in [-0.2, -0.15) is 0 Å². The molecule has 110 valence electrons. The fraction of sp³-hybridized carbons (Fsp3) is 0.611. The highest BCUT2D eigenvalue weighted by Crippen LogP contribution is 2.28. The van der Waals surface area contributed by atoms with E-state index in [1.165, 1.54) is 32.1 Å². The van der Waals surface area contributed by atoms with Crippen molar-refractivity contribution in [2.45, 2.75) is 64.3 Å². The van der Waals surface area contributed by atoms with Crippen LogP contribution < -0.4 is 0 Å². The molecule has 0 saturated heterocycles. The molecule has 1 fully saturated rings. The Morgan fingerprint density at radius 1 is 1.15 bits per heavy atom. The van der Waals surface area contributed by atoms with E-state index in [-0.39, 0.29) is 5.92 Å². The minimum atomic E-state index is 0.0260. The molecule has 20 heavy (non-hydrogen) atoms. The second kappa shape index (κ2) is 7.47. The Balaban J connectivity index is 2.13. The summed E-state index contributed by atoms with van der Waals surface area (Å²) in [6, 6.07) is 10.7. The molecular formula is C18H27NO. The number of benzene rings is 1. The summed E-state index contributed by atoms with van der Waals surface area (Å²) >= 11 is 0. The number of hydrogen-bond donors (Lipinski definition) is 0. The van der Waals surface area contributed by atoms with Crippen molar-refractivity contribution in [1.29, 1.82) is 0 Å². The molecule has 1 saturated carbocycles. The zero-order valence-corrected chi connectivity index (χ0v) is 12.8. The largest absolute Gasteiger partial charge is 0.339 e. The van der Waals surface area contributed by atoms with E-state index >= 15 is 0 Å². The smallest absolute Gasteiger partial charge is 0.230 e. The zero-order chi connectivity index (χ0) is 14.4. The quantitative estimate of drug-likeness (QED) is 0.780. The maximum absolute atomic E-state index is 12.9. The molecule has 2 rings (SSSR count). The molecule has 0 aromatic heterocycles. The number of carbonyl (C=O) groups excluding carboxylic acids is 1. The van der Waals surface area contributed by atoms with Crippen molar-refractivity contribution in [1.82, 2.24) is 4.90 Å². The molecule has 1 amide bonds. The zero-order valence-electron chi connectivity index (χ0n) is 12.8. The highest BCUT2D eigenvalue weighted by atomic mass is 16.2. The minimum Gasteiger partial charge on any atom is -0.339 e. The number of carbonyl (C=O) groups is 1. The van der Waals surface area contributed by atoms with Gasteiger partial charge in [0, 0.05) is 12.6 Å². The van der Waals surface area contributed by atoms with Crippen molar-refractivity contribution in [2.24, 2.45) is 0 Å². The van der Waals surface area contributed by atoms with E-state index in [0.29, 0.717) is 11.9 Å². The van der Waals surface area contributed by atoms with Crippen molar-refractivity contribution >= 4 is 5.91 Å². The summed E-state index contributed by atoms with van der Waals surface area (Å²) in [7, 11) is 0. The second-order valence-electron chi connectivity index (χ2n) is 5.79. The van der Waals surface area contributed by atoms with Gasteiger partial charge in [-0.1, -0.05) is 56.5 Å². The van der Waals surface area contributed by atoms with E-state index in [0.717, 1.165) is 18.5 Å². The highest BCUT2D eigenvalue weighted by Gasteiger charge is 2.29. The van der Waals surface area contributed by atoms with Crippen LogP contribution in [0, 0.1) is 0 Å². The van der Waals surface area contributed by atoms with Crippen LogP contribution in [0.4, 0.5) is 0 Å². The highest BCUT2D eigenvalue weighted by molar-refractivity contribution is 5.84. The molecule has 0 N–H and O–H groups in total. The topological polar surface area (TPSA) is 20.3 Å². The molecule has 0 radical (unpaired) electrons. The van der Waals surface area contributed by atoms with E-state index in [1.54, 1.807) is 0 Å². The van der Waals surface area contributed by atoms with E-state index < -0.39 is 0 Å². The first kappa shape index (κ1) is 15.1.